The van der Waals surface area contributed by atoms with Crippen molar-refractivity contribution < 1.29 is 22.7 Å². The number of likely N-dealkylation sites (tertiary alicyclic amines) is 1. The summed E-state index contributed by atoms with van der Waals surface area (Å²) in [5.41, 5.74) is 1.38. The number of aromatic nitrogens is 1. The summed E-state index contributed by atoms with van der Waals surface area (Å²) in [6, 6.07) is 1.79. The molecule has 1 aromatic heterocycles. The van der Waals surface area contributed by atoms with Crippen molar-refractivity contribution in [1.29, 1.82) is 0 Å². The molecule has 26 heavy (non-hydrogen) atoms. The van der Waals surface area contributed by atoms with Gasteiger partial charge >= 0.3 is 5.97 Å². The van der Waals surface area contributed by atoms with Gasteiger partial charge in [-0.25, -0.2) is 13.2 Å². The van der Waals surface area contributed by atoms with E-state index in [1.807, 2.05) is 4.90 Å². The van der Waals surface area contributed by atoms with Crippen LogP contribution >= 0.6 is 0 Å². The Hall–Kier alpha value is -1.96. The zero-order valence-electron chi connectivity index (χ0n) is 14.9. The Labute approximate surface area is 153 Å². The van der Waals surface area contributed by atoms with Gasteiger partial charge in [0.25, 0.3) is 0 Å². The molecule has 0 aliphatic carbocycles. The van der Waals surface area contributed by atoms with E-state index in [4.69, 9.17) is 4.74 Å². The van der Waals surface area contributed by atoms with Gasteiger partial charge in [0.2, 0.25) is 5.91 Å². The summed E-state index contributed by atoms with van der Waals surface area (Å²) < 4.78 is 27.8. The number of amides is 1. The third kappa shape index (κ3) is 4.41. The van der Waals surface area contributed by atoms with Gasteiger partial charge in [0, 0.05) is 31.4 Å². The van der Waals surface area contributed by atoms with Crippen molar-refractivity contribution in [3.63, 3.8) is 0 Å². The van der Waals surface area contributed by atoms with Crippen molar-refractivity contribution in [1.82, 2.24) is 9.88 Å². The maximum absolute atomic E-state index is 12.6. The van der Waals surface area contributed by atoms with Gasteiger partial charge in [0.05, 0.1) is 24.2 Å². The van der Waals surface area contributed by atoms with Crippen molar-refractivity contribution in [2.45, 2.75) is 25.7 Å². The second-order valence-electron chi connectivity index (χ2n) is 7.14. The van der Waals surface area contributed by atoms with E-state index in [1.54, 1.807) is 12.3 Å². The van der Waals surface area contributed by atoms with E-state index in [0.717, 1.165) is 18.4 Å². The van der Waals surface area contributed by atoms with Gasteiger partial charge in [-0.3, -0.25) is 9.78 Å². The second-order valence-corrected chi connectivity index (χ2v) is 9.45. The van der Waals surface area contributed by atoms with Crippen LogP contribution in [0.2, 0.25) is 0 Å². The van der Waals surface area contributed by atoms with E-state index >= 15 is 0 Å². The number of carbonyl (C=O) groups excluding carboxylic acids is 2. The number of nitrogens with zero attached hydrogens (tertiary/aromatic N) is 2. The molecule has 7 nitrogen and oxygen atoms in total. The Morgan fingerprint density at radius 2 is 1.96 bits per heavy atom. The highest BCUT2D eigenvalue weighted by Crippen LogP contribution is 2.26. The smallest absolute Gasteiger partial charge is 0.339 e. The van der Waals surface area contributed by atoms with Crippen LogP contribution in [0, 0.1) is 11.8 Å². The Kier molecular flexibility index (Phi) is 5.60. The van der Waals surface area contributed by atoms with E-state index in [9.17, 15) is 18.0 Å². The van der Waals surface area contributed by atoms with E-state index in [-0.39, 0.29) is 23.3 Å². The lowest BCUT2D eigenvalue weighted by Gasteiger charge is -2.26. The fourth-order valence-electron chi connectivity index (χ4n) is 3.76. The van der Waals surface area contributed by atoms with Gasteiger partial charge < -0.3 is 9.64 Å². The number of hydrogen-bond donors (Lipinski definition) is 0. The number of methoxy groups -OCH3 is 1. The molecule has 1 unspecified atom stereocenters. The quantitative estimate of drug-likeness (QED) is 0.726. The molecule has 8 heteroatoms. The first-order chi connectivity index (χ1) is 12.4. The first kappa shape index (κ1) is 18.8. The number of hydrogen-bond acceptors (Lipinski definition) is 6. The van der Waals surface area contributed by atoms with E-state index in [0.29, 0.717) is 37.4 Å². The van der Waals surface area contributed by atoms with E-state index in [2.05, 4.69) is 4.98 Å². The van der Waals surface area contributed by atoms with Crippen LogP contribution in [0.4, 0.5) is 0 Å². The number of sulfone groups is 1. The third-order valence-corrected chi connectivity index (χ3v) is 6.96. The first-order valence-electron chi connectivity index (χ1n) is 8.89. The highest BCUT2D eigenvalue weighted by molar-refractivity contribution is 7.91. The SMILES string of the molecule is COC(=O)c1cncc(CC2CCN(C(=O)C3CCS(=O)(=O)CC3)C2)c1. The number of rotatable bonds is 4. The maximum atomic E-state index is 12.6. The summed E-state index contributed by atoms with van der Waals surface area (Å²) in [4.78, 5) is 30.2. The second kappa shape index (κ2) is 7.73. The van der Waals surface area contributed by atoms with Crippen LogP contribution in [-0.2, 0) is 25.8 Å². The lowest BCUT2D eigenvalue weighted by molar-refractivity contribution is -0.134. The zero-order valence-corrected chi connectivity index (χ0v) is 15.7. The number of pyridine rings is 1. The lowest BCUT2D eigenvalue weighted by atomic mass is 9.98. The highest BCUT2D eigenvalue weighted by Gasteiger charge is 2.34. The summed E-state index contributed by atoms with van der Waals surface area (Å²) in [6.45, 7) is 1.38. The van der Waals surface area contributed by atoms with Crippen LogP contribution in [0.3, 0.4) is 0 Å². The Morgan fingerprint density at radius 1 is 1.23 bits per heavy atom. The van der Waals surface area contributed by atoms with Crippen molar-refractivity contribution in [3.05, 3.63) is 29.6 Å². The average molecular weight is 380 g/mol. The molecule has 3 rings (SSSR count). The summed E-state index contributed by atoms with van der Waals surface area (Å²) in [5, 5.41) is 0. The van der Waals surface area contributed by atoms with Gasteiger partial charge in [-0.15, -0.1) is 0 Å². The minimum atomic E-state index is -2.95. The minimum Gasteiger partial charge on any atom is -0.465 e. The van der Waals surface area contributed by atoms with E-state index in [1.165, 1.54) is 13.3 Å². The van der Waals surface area contributed by atoms with Crippen LogP contribution in [0.1, 0.15) is 35.2 Å². The molecule has 2 aliphatic rings. The van der Waals surface area contributed by atoms with Crippen molar-refractivity contribution in [2.24, 2.45) is 11.8 Å². The van der Waals surface area contributed by atoms with Gasteiger partial charge in [-0.2, -0.15) is 0 Å². The third-order valence-electron chi connectivity index (χ3n) is 5.24. The summed E-state index contributed by atoms with van der Waals surface area (Å²) in [7, 11) is -1.61. The molecule has 1 aromatic rings. The molecular weight excluding hydrogens is 356 g/mol. The van der Waals surface area contributed by atoms with E-state index < -0.39 is 15.8 Å². The van der Waals surface area contributed by atoms with Crippen molar-refractivity contribution in [2.75, 3.05) is 31.7 Å². The molecule has 0 spiro atoms. The molecule has 0 N–H and O–H groups in total. The highest BCUT2D eigenvalue weighted by atomic mass is 32.2. The predicted octanol–water partition coefficient (Wildman–Crippen LogP) is 1.08. The Bertz CT molecular complexity index is 779. The van der Waals surface area contributed by atoms with Gasteiger partial charge in [0.1, 0.15) is 9.84 Å². The van der Waals surface area contributed by atoms with Crippen LogP contribution < -0.4 is 0 Å². The number of esters is 1. The van der Waals surface area contributed by atoms with Gasteiger partial charge in [-0.05, 0) is 43.2 Å². The predicted molar refractivity (Wildman–Crippen MR) is 95.3 cm³/mol. The summed E-state index contributed by atoms with van der Waals surface area (Å²) in [6.07, 6.45) is 5.75. The van der Waals surface area contributed by atoms with Crippen molar-refractivity contribution in [3.8, 4) is 0 Å². The Balaban J connectivity index is 1.56. The minimum absolute atomic E-state index is 0.0869. The van der Waals surface area contributed by atoms with Crippen LogP contribution in [0.5, 0.6) is 0 Å². The molecule has 0 aromatic carbocycles. The topological polar surface area (TPSA) is 93.6 Å². The molecule has 1 amide bonds. The molecule has 142 valence electrons. The molecule has 0 saturated carbocycles. The molecule has 2 fully saturated rings. The standard InChI is InChI=1S/C18H24N2O5S/c1-25-18(22)16-9-14(10-19-11-16)8-13-2-5-20(12-13)17(21)15-3-6-26(23,24)7-4-15/h9-11,13,15H,2-8,12H2,1H3. The molecule has 3 heterocycles. The number of carbonyl (C=O) groups is 2. The van der Waals surface area contributed by atoms with Crippen LogP contribution in [0.25, 0.3) is 0 Å². The monoisotopic (exact) mass is 380 g/mol. The fraction of sp³-hybridized carbons (Fsp3) is 0.611. The summed E-state index contributed by atoms with van der Waals surface area (Å²) in [5.74, 6) is 0.0699. The molecule has 2 saturated heterocycles. The molecule has 1 atom stereocenters. The largest absolute Gasteiger partial charge is 0.465 e. The Morgan fingerprint density at radius 3 is 2.65 bits per heavy atom. The molecule has 0 radical (unpaired) electrons. The maximum Gasteiger partial charge on any atom is 0.339 e. The average Bonchev–Trinajstić information content (AvgIpc) is 3.09. The number of ether oxygens (including phenoxy) is 1. The van der Waals surface area contributed by atoms with Gasteiger partial charge in [0.15, 0.2) is 0 Å². The fourth-order valence-corrected chi connectivity index (χ4v) is 5.25. The van der Waals surface area contributed by atoms with Crippen LogP contribution in [-0.4, -0.2) is 61.9 Å². The van der Waals surface area contributed by atoms with Crippen molar-refractivity contribution >= 4 is 21.7 Å². The molecular formula is C18H24N2O5S. The van der Waals surface area contributed by atoms with Gasteiger partial charge in [-0.1, -0.05) is 0 Å². The molecule has 2 aliphatic heterocycles. The normalized spacial score (nSPS) is 23.0. The lowest BCUT2D eigenvalue weighted by Crippen LogP contribution is -2.38. The zero-order chi connectivity index (χ0) is 18.7. The summed E-state index contributed by atoms with van der Waals surface area (Å²) >= 11 is 0. The molecule has 0 bridgehead atoms. The van der Waals surface area contributed by atoms with Crippen LogP contribution in [0.15, 0.2) is 18.5 Å². The first-order valence-corrected chi connectivity index (χ1v) is 10.7.